The largest absolute Gasteiger partial charge is 0.493 e. The highest BCUT2D eigenvalue weighted by atomic mass is 16.5. The molecule has 2 aromatic rings. The second-order valence-corrected chi connectivity index (χ2v) is 5.17. The Balaban J connectivity index is 2.21. The normalized spacial score (nSPS) is 16.4. The van der Waals surface area contributed by atoms with Gasteiger partial charge in [0.05, 0.1) is 19.1 Å². The van der Waals surface area contributed by atoms with Gasteiger partial charge >= 0.3 is 0 Å². The standard InChI is InChI=1S/C14H17N3O3/c1-3-10(19)9-4-5-11(20-2)12-15-13(16-17(9)12)14(8-18)6-7-14/h4-5,18H,3,6-8H2,1-2H3. The maximum atomic E-state index is 12.0. The molecule has 1 fully saturated rings. The van der Waals surface area contributed by atoms with Gasteiger partial charge in [0.25, 0.3) is 0 Å². The van der Waals surface area contributed by atoms with E-state index in [0.29, 0.717) is 29.3 Å². The number of nitrogens with zero attached hydrogens (tertiary/aromatic N) is 3. The molecule has 1 saturated carbocycles. The topological polar surface area (TPSA) is 76.7 Å². The molecule has 0 radical (unpaired) electrons. The van der Waals surface area contributed by atoms with Gasteiger partial charge in [0.1, 0.15) is 5.69 Å². The zero-order valence-electron chi connectivity index (χ0n) is 11.6. The van der Waals surface area contributed by atoms with Crippen molar-refractivity contribution in [2.45, 2.75) is 31.6 Å². The summed E-state index contributed by atoms with van der Waals surface area (Å²) in [5.41, 5.74) is 0.695. The first kappa shape index (κ1) is 13.1. The van der Waals surface area contributed by atoms with Crippen molar-refractivity contribution in [2.75, 3.05) is 13.7 Å². The van der Waals surface area contributed by atoms with Crippen LogP contribution >= 0.6 is 0 Å². The molecular weight excluding hydrogens is 258 g/mol. The van der Waals surface area contributed by atoms with E-state index >= 15 is 0 Å². The molecule has 1 aliphatic rings. The minimum atomic E-state index is -0.330. The first-order valence-corrected chi connectivity index (χ1v) is 6.73. The number of aliphatic hydroxyl groups is 1. The van der Waals surface area contributed by atoms with E-state index in [2.05, 4.69) is 10.1 Å². The van der Waals surface area contributed by atoms with E-state index in [1.807, 2.05) is 6.92 Å². The minimum absolute atomic E-state index is 0.00273. The molecule has 0 unspecified atom stereocenters. The van der Waals surface area contributed by atoms with Gasteiger partial charge in [-0.05, 0) is 25.0 Å². The fourth-order valence-corrected chi connectivity index (χ4v) is 2.32. The fraction of sp³-hybridized carbons (Fsp3) is 0.500. The summed E-state index contributed by atoms with van der Waals surface area (Å²) in [6.45, 7) is 1.84. The lowest BCUT2D eigenvalue weighted by Crippen LogP contribution is -2.14. The van der Waals surface area contributed by atoms with Gasteiger partial charge in [-0.2, -0.15) is 0 Å². The molecule has 3 rings (SSSR count). The molecule has 0 aliphatic heterocycles. The summed E-state index contributed by atoms with van der Waals surface area (Å²) in [7, 11) is 1.56. The van der Waals surface area contributed by atoms with Gasteiger partial charge in [-0.15, -0.1) is 5.10 Å². The molecule has 20 heavy (non-hydrogen) atoms. The number of Topliss-reactive ketones (excluding diaryl/α,β-unsaturated/α-hetero) is 1. The Bertz CT molecular complexity index is 674. The Morgan fingerprint density at radius 3 is 2.80 bits per heavy atom. The van der Waals surface area contributed by atoms with Crippen LogP contribution in [0.4, 0.5) is 0 Å². The highest BCUT2D eigenvalue weighted by Gasteiger charge is 2.47. The van der Waals surface area contributed by atoms with Crippen molar-refractivity contribution in [1.82, 2.24) is 14.6 Å². The smallest absolute Gasteiger partial charge is 0.198 e. The number of fused-ring (bicyclic) bond motifs is 1. The highest BCUT2D eigenvalue weighted by Crippen LogP contribution is 2.46. The number of rotatable bonds is 5. The Labute approximate surface area is 116 Å². The minimum Gasteiger partial charge on any atom is -0.493 e. The molecule has 6 heteroatoms. The number of methoxy groups -OCH3 is 1. The average molecular weight is 275 g/mol. The number of pyridine rings is 1. The van der Waals surface area contributed by atoms with Crippen LogP contribution in [0, 0.1) is 0 Å². The Morgan fingerprint density at radius 1 is 1.50 bits per heavy atom. The summed E-state index contributed by atoms with van der Waals surface area (Å²) < 4.78 is 6.82. The van der Waals surface area contributed by atoms with Crippen LogP contribution in [0.1, 0.15) is 42.5 Å². The summed E-state index contributed by atoms with van der Waals surface area (Å²) in [6.07, 6.45) is 2.15. The van der Waals surface area contributed by atoms with Gasteiger partial charge in [-0.25, -0.2) is 9.50 Å². The SMILES string of the molecule is CCC(=O)c1ccc(OC)c2nc(C3(CO)CC3)nn12. The van der Waals surface area contributed by atoms with Crippen LogP contribution in [0.5, 0.6) is 5.75 Å². The van der Waals surface area contributed by atoms with Gasteiger partial charge in [0, 0.05) is 6.42 Å². The zero-order valence-corrected chi connectivity index (χ0v) is 11.6. The third-order valence-corrected chi connectivity index (χ3v) is 3.91. The molecule has 6 nitrogen and oxygen atoms in total. The molecule has 0 spiro atoms. The Morgan fingerprint density at radius 2 is 2.25 bits per heavy atom. The highest BCUT2D eigenvalue weighted by molar-refractivity contribution is 5.95. The first-order chi connectivity index (χ1) is 9.65. The molecule has 0 amide bonds. The number of ether oxygens (including phenoxy) is 1. The van der Waals surface area contributed by atoms with Crippen LogP contribution in [-0.4, -0.2) is 39.2 Å². The maximum absolute atomic E-state index is 12.0. The molecule has 2 aromatic heterocycles. The van der Waals surface area contributed by atoms with Crippen molar-refractivity contribution >= 4 is 11.4 Å². The number of carbonyl (C=O) groups is 1. The monoisotopic (exact) mass is 275 g/mol. The van der Waals surface area contributed by atoms with E-state index in [1.165, 1.54) is 4.52 Å². The van der Waals surface area contributed by atoms with Gasteiger partial charge in [-0.1, -0.05) is 6.92 Å². The van der Waals surface area contributed by atoms with E-state index in [4.69, 9.17) is 4.74 Å². The van der Waals surface area contributed by atoms with E-state index in [9.17, 15) is 9.90 Å². The zero-order chi connectivity index (χ0) is 14.3. The molecule has 0 atom stereocenters. The lowest BCUT2D eigenvalue weighted by atomic mass is 10.1. The second-order valence-electron chi connectivity index (χ2n) is 5.17. The van der Waals surface area contributed by atoms with Crippen molar-refractivity contribution in [2.24, 2.45) is 0 Å². The van der Waals surface area contributed by atoms with E-state index < -0.39 is 0 Å². The van der Waals surface area contributed by atoms with Gasteiger partial charge in [0.15, 0.2) is 23.0 Å². The van der Waals surface area contributed by atoms with Crippen molar-refractivity contribution in [3.8, 4) is 5.75 Å². The molecule has 0 bridgehead atoms. The lowest BCUT2D eigenvalue weighted by Gasteiger charge is -2.05. The molecule has 0 saturated heterocycles. The summed E-state index contributed by atoms with van der Waals surface area (Å²) in [6, 6.07) is 3.43. The Kier molecular flexibility index (Phi) is 2.97. The average Bonchev–Trinajstić information content (AvgIpc) is 3.16. The molecule has 2 heterocycles. The summed E-state index contributed by atoms with van der Waals surface area (Å²) in [4.78, 5) is 16.5. The molecule has 1 aliphatic carbocycles. The van der Waals surface area contributed by atoms with Crippen molar-refractivity contribution < 1.29 is 14.6 Å². The molecular formula is C14H17N3O3. The summed E-state index contributed by atoms with van der Waals surface area (Å²) in [5, 5.41) is 13.9. The lowest BCUT2D eigenvalue weighted by molar-refractivity contribution is 0.0981. The van der Waals surface area contributed by atoms with Crippen molar-refractivity contribution in [1.29, 1.82) is 0 Å². The van der Waals surface area contributed by atoms with E-state index in [0.717, 1.165) is 12.8 Å². The van der Waals surface area contributed by atoms with Crippen LogP contribution in [0.3, 0.4) is 0 Å². The van der Waals surface area contributed by atoms with Gasteiger partial charge in [0.2, 0.25) is 0 Å². The van der Waals surface area contributed by atoms with Crippen LogP contribution in [0.15, 0.2) is 12.1 Å². The van der Waals surface area contributed by atoms with Crippen molar-refractivity contribution in [3.05, 3.63) is 23.7 Å². The molecule has 0 aromatic carbocycles. The first-order valence-electron chi connectivity index (χ1n) is 6.73. The molecule has 1 N–H and O–H groups in total. The van der Waals surface area contributed by atoms with Crippen LogP contribution < -0.4 is 4.74 Å². The van der Waals surface area contributed by atoms with Gasteiger partial charge in [-0.3, -0.25) is 4.79 Å². The predicted molar refractivity (Wildman–Crippen MR) is 72.2 cm³/mol. The van der Waals surface area contributed by atoms with E-state index in [1.54, 1.807) is 19.2 Å². The number of hydrogen-bond donors (Lipinski definition) is 1. The fourth-order valence-electron chi connectivity index (χ4n) is 2.32. The third-order valence-electron chi connectivity index (χ3n) is 3.91. The van der Waals surface area contributed by atoms with Gasteiger partial charge < -0.3 is 9.84 Å². The Hall–Kier alpha value is -1.95. The van der Waals surface area contributed by atoms with Crippen LogP contribution in [0.2, 0.25) is 0 Å². The molecule has 106 valence electrons. The number of aliphatic hydroxyl groups excluding tert-OH is 1. The second kappa shape index (κ2) is 4.56. The third kappa shape index (κ3) is 1.79. The number of ketones is 1. The number of aromatic nitrogens is 3. The van der Waals surface area contributed by atoms with Crippen molar-refractivity contribution in [3.63, 3.8) is 0 Å². The maximum Gasteiger partial charge on any atom is 0.198 e. The summed E-state index contributed by atoms with van der Waals surface area (Å²) >= 11 is 0. The van der Waals surface area contributed by atoms with Crippen LogP contribution in [-0.2, 0) is 5.41 Å². The summed E-state index contributed by atoms with van der Waals surface area (Å²) in [5.74, 6) is 1.17. The predicted octanol–water partition coefficient (Wildman–Crippen LogP) is 1.35. The van der Waals surface area contributed by atoms with Crippen LogP contribution in [0.25, 0.3) is 5.65 Å². The number of hydrogen-bond acceptors (Lipinski definition) is 5. The quantitative estimate of drug-likeness (QED) is 0.834. The number of carbonyl (C=O) groups excluding carboxylic acids is 1. The van der Waals surface area contributed by atoms with E-state index in [-0.39, 0.29) is 17.8 Å².